The lowest BCUT2D eigenvalue weighted by Gasteiger charge is -2.27. The van der Waals surface area contributed by atoms with Crippen molar-refractivity contribution in [1.82, 2.24) is 10.6 Å². The number of hydrogen-bond acceptors (Lipinski definition) is 3. The molecule has 0 spiro atoms. The molecule has 1 aromatic heterocycles. The second-order valence-electron chi connectivity index (χ2n) is 4.50. The zero-order valence-electron chi connectivity index (χ0n) is 11.9. The third-order valence-electron chi connectivity index (χ3n) is 2.75. The molecule has 0 aliphatic heterocycles. The standard InChI is InChI=1S/C14H11Cl4N3OS2/c15-8-4-1-2-5-9(8)19-13(23)21-12(14(16,17)18)20-11(22)10-6-3-7-24-10/h1-7,12H,(H,20,22)(H2,19,21,23). The maximum atomic E-state index is 12.2. The van der Waals surface area contributed by atoms with Crippen molar-refractivity contribution in [1.29, 1.82) is 0 Å². The molecule has 0 fully saturated rings. The Bertz CT molecular complexity index is 719. The van der Waals surface area contributed by atoms with Gasteiger partial charge in [0.25, 0.3) is 5.91 Å². The van der Waals surface area contributed by atoms with E-state index in [1.54, 1.807) is 41.8 Å². The quantitative estimate of drug-likeness (QED) is 0.361. The van der Waals surface area contributed by atoms with E-state index in [1.165, 1.54) is 11.3 Å². The van der Waals surface area contributed by atoms with Crippen molar-refractivity contribution in [2.75, 3.05) is 5.32 Å². The molecule has 1 amide bonds. The highest BCUT2D eigenvalue weighted by Crippen LogP contribution is 2.29. The first kappa shape index (κ1) is 19.6. The minimum absolute atomic E-state index is 0.144. The van der Waals surface area contributed by atoms with Crippen LogP contribution in [0.2, 0.25) is 5.02 Å². The number of benzene rings is 1. The van der Waals surface area contributed by atoms with Gasteiger partial charge in [-0.1, -0.05) is 64.6 Å². The van der Waals surface area contributed by atoms with E-state index in [4.69, 9.17) is 58.6 Å². The van der Waals surface area contributed by atoms with Crippen molar-refractivity contribution in [3.63, 3.8) is 0 Å². The summed E-state index contributed by atoms with van der Waals surface area (Å²) in [5.41, 5.74) is 0.587. The van der Waals surface area contributed by atoms with E-state index < -0.39 is 9.96 Å². The number of amides is 1. The van der Waals surface area contributed by atoms with Crippen molar-refractivity contribution >= 4 is 86.7 Å². The zero-order chi connectivity index (χ0) is 17.7. The van der Waals surface area contributed by atoms with Gasteiger partial charge in [-0.25, -0.2) is 0 Å². The molecule has 0 aliphatic carbocycles. The first-order valence-electron chi connectivity index (χ1n) is 6.50. The summed E-state index contributed by atoms with van der Waals surface area (Å²) in [6, 6.07) is 10.4. The average molecular weight is 443 g/mol. The molecule has 2 aromatic rings. The van der Waals surface area contributed by atoms with Gasteiger partial charge in [-0.15, -0.1) is 11.3 Å². The van der Waals surface area contributed by atoms with Crippen molar-refractivity contribution in [2.45, 2.75) is 9.96 Å². The first-order chi connectivity index (χ1) is 11.3. The molecule has 2 rings (SSSR count). The van der Waals surface area contributed by atoms with Crippen LogP contribution in [0.4, 0.5) is 5.69 Å². The van der Waals surface area contributed by atoms with Crippen LogP contribution in [-0.2, 0) is 0 Å². The van der Waals surface area contributed by atoms with E-state index in [0.29, 0.717) is 15.6 Å². The van der Waals surface area contributed by atoms with Crippen LogP contribution in [0.3, 0.4) is 0 Å². The number of hydrogen-bond donors (Lipinski definition) is 3. The van der Waals surface area contributed by atoms with Gasteiger partial charge in [0.2, 0.25) is 3.79 Å². The Morgan fingerprint density at radius 2 is 1.83 bits per heavy atom. The fraction of sp³-hybridized carbons (Fsp3) is 0.143. The topological polar surface area (TPSA) is 53.2 Å². The Morgan fingerprint density at radius 1 is 1.12 bits per heavy atom. The molecule has 1 atom stereocenters. The van der Waals surface area contributed by atoms with Gasteiger partial charge in [0.05, 0.1) is 15.6 Å². The normalized spacial score (nSPS) is 12.3. The number of nitrogens with one attached hydrogen (secondary N) is 3. The molecule has 128 valence electrons. The van der Waals surface area contributed by atoms with Crippen LogP contribution in [0, 0.1) is 0 Å². The Kier molecular flexibility index (Phi) is 6.98. The number of halogens is 4. The molecule has 3 N–H and O–H groups in total. The molecular formula is C14H11Cl4N3OS2. The van der Waals surface area contributed by atoms with Gasteiger partial charge in [0.1, 0.15) is 6.17 Å². The predicted octanol–water partition coefficient (Wildman–Crippen LogP) is 4.81. The number of rotatable bonds is 4. The lowest BCUT2D eigenvalue weighted by atomic mass is 10.3. The van der Waals surface area contributed by atoms with Gasteiger partial charge in [0, 0.05) is 0 Å². The molecule has 24 heavy (non-hydrogen) atoms. The summed E-state index contributed by atoms with van der Waals surface area (Å²) in [5, 5.41) is 10.6. The Hall–Kier alpha value is -0.760. The molecule has 0 bridgehead atoms. The number of anilines is 1. The molecule has 1 heterocycles. The molecule has 0 radical (unpaired) electrons. The third kappa shape index (κ3) is 5.65. The third-order valence-corrected chi connectivity index (χ3v) is 4.82. The van der Waals surface area contributed by atoms with E-state index in [9.17, 15) is 4.79 Å². The summed E-state index contributed by atoms with van der Waals surface area (Å²) in [6.45, 7) is 0. The number of thiocarbonyl (C=S) groups is 1. The van der Waals surface area contributed by atoms with Gasteiger partial charge in [-0.3, -0.25) is 4.79 Å². The summed E-state index contributed by atoms with van der Waals surface area (Å²) in [4.78, 5) is 12.6. The van der Waals surface area contributed by atoms with Crippen LogP contribution < -0.4 is 16.0 Å². The highest BCUT2D eigenvalue weighted by atomic mass is 35.6. The van der Waals surface area contributed by atoms with Crippen LogP contribution in [-0.4, -0.2) is 21.0 Å². The molecule has 1 unspecified atom stereocenters. The summed E-state index contributed by atoms with van der Waals surface area (Å²) in [6.07, 6.45) is -1.04. The summed E-state index contributed by atoms with van der Waals surface area (Å²) in [7, 11) is 0. The second kappa shape index (κ2) is 8.56. The van der Waals surface area contributed by atoms with Crippen LogP contribution in [0.15, 0.2) is 41.8 Å². The molecule has 0 saturated carbocycles. The average Bonchev–Trinajstić information content (AvgIpc) is 3.02. The van der Waals surface area contributed by atoms with Gasteiger partial charge in [-0.2, -0.15) is 0 Å². The minimum atomic E-state index is -1.82. The molecule has 0 saturated heterocycles. The van der Waals surface area contributed by atoms with Gasteiger partial charge < -0.3 is 16.0 Å². The predicted molar refractivity (Wildman–Crippen MR) is 107 cm³/mol. The maximum absolute atomic E-state index is 12.2. The molecule has 1 aromatic carbocycles. The van der Waals surface area contributed by atoms with Crippen LogP contribution >= 0.6 is 70.0 Å². The molecule has 10 heteroatoms. The van der Waals surface area contributed by atoms with E-state index >= 15 is 0 Å². The fourth-order valence-corrected chi connectivity index (χ4v) is 3.03. The summed E-state index contributed by atoms with van der Waals surface area (Å²) in [5.74, 6) is -0.380. The van der Waals surface area contributed by atoms with Crippen LogP contribution in [0.5, 0.6) is 0 Å². The molecular weight excluding hydrogens is 432 g/mol. The first-order valence-corrected chi connectivity index (χ1v) is 9.30. The molecule has 0 aliphatic rings. The van der Waals surface area contributed by atoms with Gasteiger partial charge >= 0.3 is 0 Å². The van der Waals surface area contributed by atoms with Crippen molar-refractivity contribution in [3.05, 3.63) is 51.7 Å². The van der Waals surface area contributed by atoms with Crippen molar-refractivity contribution in [2.24, 2.45) is 0 Å². The van der Waals surface area contributed by atoms with Gasteiger partial charge in [-0.05, 0) is 35.8 Å². The Morgan fingerprint density at radius 3 is 2.42 bits per heavy atom. The smallest absolute Gasteiger partial charge is 0.263 e. The number of carbonyl (C=O) groups is 1. The zero-order valence-corrected chi connectivity index (χ0v) is 16.5. The monoisotopic (exact) mass is 441 g/mol. The van der Waals surface area contributed by atoms with Crippen molar-refractivity contribution in [3.8, 4) is 0 Å². The Labute approximate surface area is 168 Å². The van der Waals surface area contributed by atoms with Crippen molar-refractivity contribution < 1.29 is 4.79 Å². The number of thiophene rings is 1. The molecule has 4 nitrogen and oxygen atoms in total. The lowest BCUT2D eigenvalue weighted by molar-refractivity contribution is 0.0938. The summed E-state index contributed by atoms with van der Waals surface area (Å²) < 4.78 is -1.82. The second-order valence-corrected chi connectivity index (χ2v) is 8.64. The van der Waals surface area contributed by atoms with E-state index in [-0.39, 0.29) is 11.0 Å². The van der Waals surface area contributed by atoms with E-state index in [2.05, 4.69) is 16.0 Å². The number of alkyl halides is 3. The largest absolute Gasteiger partial charge is 0.339 e. The maximum Gasteiger partial charge on any atom is 0.263 e. The highest BCUT2D eigenvalue weighted by molar-refractivity contribution is 7.80. The van der Waals surface area contributed by atoms with E-state index in [1.807, 2.05) is 0 Å². The van der Waals surface area contributed by atoms with E-state index in [0.717, 1.165) is 0 Å². The summed E-state index contributed by atoms with van der Waals surface area (Å²) >= 11 is 30.3. The number of carbonyl (C=O) groups excluding carboxylic acids is 1. The SMILES string of the molecule is O=C(NC(NC(=S)Nc1ccccc1Cl)C(Cl)(Cl)Cl)c1cccs1. The number of para-hydroxylation sites is 1. The minimum Gasteiger partial charge on any atom is -0.339 e. The fourth-order valence-electron chi connectivity index (χ4n) is 1.66. The highest BCUT2D eigenvalue weighted by Gasteiger charge is 2.35. The van der Waals surface area contributed by atoms with Gasteiger partial charge in [0.15, 0.2) is 5.11 Å². The van der Waals surface area contributed by atoms with Crippen LogP contribution in [0.25, 0.3) is 0 Å². The Balaban J connectivity index is 2.05. The lowest BCUT2D eigenvalue weighted by Crippen LogP contribution is -2.56. The van der Waals surface area contributed by atoms with Crippen LogP contribution in [0.1, 0.15) is 9.67 Å².